The zero-order valence-corrected chi connectivity index (χ0v) is 9.44. The molecule has 1 aromatic rings. The van der Waals surface area contributed by atoms with Gasteiger partial charge in [-0.05, 0) is 24.6 Å². The Labute approximate surface area is 95.5 Å². The number of aliphatic hydroxyl groups excluding tert-OH is 1. The number of carbonyl (C=O) groups excluding carboxylic acids is 1. The van der Waals surface area contributed by atoms with Gasteiger partial charge in [0.15, 0.2) is 0 Å². The summed E-state index contributed by atoms with van der Waals surface area (Å²) in [4.78, 5) is 11.8. The van der Waals surface area contributed by atoms with E-state index < -0.39 is 0 Å². The van der Waals surface area contributed by atoms with Crippen molar-refractivity contribution in [3.63, 3.8) is 0 Å². The van der Waals surface area contributed by atoms with Crippen molar-refractivity contribution in [3.8, 4) is 0 Å². The molecule has 1 aromatic carbocycles. The number of nitrogens with one attached hydrogen (secondary N) is 1. The molecule has 4 N–H and O–H groups in total. The molecule has 0 aromatic heterocycles. The second-order valence-corrected chi connectivity index (χ2v) is 3.77. The molecule has 1 amide bonds. The number of anilines is 1. The van der Waals surface area contributed by atoms with Crippen molar-refractivity contribution in [2.45, 2.75) is 25.8 Å². The minimum absolute atomic E-state index is 0.0398. The first-order chi connectivity index (χ1) is 7.67. The number of carbonyl (C=O) groups is 1. The second kappa shape index (κ2) is 6.12. The van der Waals surface area contributed by atoms with Gasteiger partial charge in [0.25, 0.3) is 5.91 Å². The summed E-state index contributed by atoms with van der Waals surface area (Å²) in [7, 11) is 0. The maximum absolute atomic E-state index is 11.8. The highest BCUT2D eigenvalue weighted by atomic mass is 16.3. The zero-order chi connectivity index (χ0) is 12.0. The number of nitrogens with two attached hydrogens (primary N) is 1. The maximum atomic E-state index is 11.8. The Bertz CT molecular complexity index is 353. The fraction of sp³-hybridized carbons (Fsp3) is 0.417. The first-order valence-electron chi connectivity index (χ1n) is 5.44. The van der Waals surface area contributed by atoms with E-state index in [4.69, 9.17) is 10.8 Å². The first kappa shape index (κ1) is 12.5. The third-order valence-corrected chi connectivity index (χ3v) is 2.34. The average Bonchev–Trinajstić information content (AvgIpc) is 2.28. The number of hydrogen-bond acceptors (Lipinski definition) is 3. The van der Waals surface area contributed by atoms with Crippen LogP contribution in [0.1, 0.15) is 30.1 Å². The molecule has 0 aliphatic heterocycles. The summed E-state index contributed by atoms with van der Waals surface area (Å²) >= 11 is 0. The van der Waals surface area contributed by atoms with Gasteiger partial charge in [0.2, 0.25) is 0 Å². The third-order valence-electron chi connectivity index (χ3n) is 2.34. The molecule has 4 heteroatoms. The van der Waals surface area contributed by atoms with Gasteiger partial charge in [-0.3, -0.25) is 4.79 Å². The van der Waals surface area contributed by atoms with Crippen LogP contribution in [0, 0.1) is 0 Å². The van der Waals surface area contributed by atoms with Crippen molar-refractivity contribution in [1.29, 1.82) is 0 Å². The molecule has 0 bridgehead atoms. The number of rotatable bonds is 5. The molecule has 0 heterocycles. The smallest absolute Gasteiger partial charge is 0.251 e. The molecular weight excluding hydrogens is 204 g/mol. The van der Waals surface area contributed by atoms with Crippen LogP contribution in [0.3, 0.4) is 0 Å². The summed E-state index contributed by atoms with van der Waals surface area (Å²) in [6, 6.07) is 6.60. The van der Waals surface area contributed by atoms with Crippen molar-refractivity contribution in [3.05, 3.63) is 29.8 Å². The molecular formula is C12H18N2O2. The van der Waals surface area contributed by atoms with Gasteiger partial charge in [0.1, 0.15) is 0 Å². The van der Waals surface area contributed by atoms with Crippen LogP contribution in [0.4, 0.5) is 5.69 Å². The quantitative estimate of drug-likeness (QED) is 0.654. The van der Waals surface area contributed by atoms with Crippen molar-refractivity contribution in [2.24, 2.45) is 0 Å². The lowest BCUT2D eigenvalue weighted by Crippen LogP contribution is -2.37. The molecule has 1 unspecified atom stereocenters. The first-order valence-corrected chi connectivity index (χ1v) is 5.44. The van der Waals surface area contributed by atoms with Gasteiger partial charge >= 0.3 is 0 Å². The number of benzene rings is 1. The monoisotopic (exact) mass is 222 g/mol. The predicted molar refractivity (Wildman–Crippen MR) is 64.1 cm³/mol. The fourth-order valence-electron chi connectivity index (χ4n) is 1.51. The summed E-state index contributed by atoms with van der Waals surface area (Å²) in [5.74, 6) is -0.195. The lowest BCUT2D eigenvalue weighted by atomic mass is 10.1. The van der Waals surface area contributed by atoms with Gasteiger partial charge in [-0.15, -0.1) is 0 Å². The second-order valence-electron chi connectivity index (χ2n) is 3.77. The molecule has 4 nitrogen and oxygen atoms in total. The number of aliphatic hydroxyl groups is 1. The Balaban J connectivity index is 2.64. The highest BCUT2D eigenvalue weighted by Gasteiger charge is 2.11. The minimum Gasteiger partial charge on any atom is -0.399 e. The van der Waals surface area contributed by atoms with Crippen LogP contribution in [0.2, 0.25) is 0 Å². The summed E-state index contributed by atoms with van der Waals surface area (Å²) in [5.41, 5.74) is 6.67. The number of hydrogen-bond donors (Lipinski definition) is 3. The Hall–Kier alpha value is -1.55. The molecule has 0 aliphatic carbocycles. The van der Waals surface area contributed by atoms with Crippen LogP contribution >= 0.6 is 0 Å². The van der Waals surface area contributed by atoms with E-state index in [1.807, 2.05) is 6.92 Å². The van der Waals surface area contributed by atoms with Gasteiger partial charge in [-0.2, -0.15) is 0 Å². The van der Waals surface area contributed by atoms with E-state index >= 15 is 0 Å². The maximum Gasteiger partial charge on any atom is 0.251 e. The largest absolute Gasteiger partial charge is 0.399 e. The molecule has 0 saturated heterocycles. The molecule has 0 saturated carbocycles. The fourth-order valence-corrected chi connectivity index (χ4v) is 1.51. The van der Waals surface area contributed by atoms with Gasteiger partial charge in [-0.25, -0.2) is 0 Å². The Morgan fingerprint density at radius 3 is 2.88 bits per heavy atom. The third kappa shape index (κ3) is 3.55. The van der Waals surface area contributed by atoms with E-state index in [0.29, 0.717) is 11.3 Å². The summed E-state index contributed by atoms with van der Waals surface area (Å²) in [6.45, 7) is 1.97. The van der Waals surface area contributed by atoms with E-state index in [-0.39, 0.29) is 18.6 Å². The van der Waals surface area contributed by atoms with Crippen LogP contribution in [0.15, 0.2) is 24.3 Å². The van der Waals surface area contributed by atoms with Gasteiger partial charge < -0.3 is 16.2 Å². The van der Waals surface area contributed by atoms with E-state index in [9.17, 15) is 4.79 Å². The molecule has 0 fully saturated rings. The molecule has 0 spiro atoms. The van der Waals surface area contributed by atoms with E-state index in [2.05, 4.69) is 5.32 Å². The zero-order valence-electron chi connectivity index (χ0n) is 9.44. The van der Waals surface area contributed by atoms with Gasteiger partial charge in [0, 0.05) is 11.3 Å². The standard InChI is InChI=1S/C12H18N2O2/c1-2-4-11(8-15)14-12(16)9-5-3-6-10(13)7-9/h3,5-7,11,15H,2,4,8,13H2,1H3,(H,14,16). The van der Waals surface area contributed by atoms with Crippen molar-refractivity contribution >= 4 is 11.6 Å². The number of amides is 1. The number of nitrogen functional groups attached to an aromatic ring is 1. The Morgan fingerprint density at radius 2 is 2.31 bits per heavy atom. The average molecular weight is 222 g/mol. The van der Waals surface area contributed by atoms with E-state index in [1.54, 1.807) is 24.3 Å². The molecule has 1 rings (SSSR count). The van der Waals surface area contributed by atoms with Crippen molar-refractivity contribution < 1.29 is 9.90 Å². The van der Waals surface area contributed by atoms with Crippen molar-refractivity contribution in [1.82, 2.24) is 5.32 Å². The summed E-state index contributed by atoms with van der Waals surface area (Å²) in [6.07, 6.45) is 1.69. The highest BCUT2D eigenvalue weighted by molar-refractivity contribution is 5.95. The summed E-state index contributed by atoms with van der Waals surface area (Å²) in [5, 5.41) is 11.8. The van der Waals surface area contributed by atoms with Gasteiger partial charge in [0.05, 0.1) is 12.6 Å². The van der Waals surface area contributed by atoms with Crippen LogP contribution in [0.5, 0.6) is 0 Å². The Kier molecular flexibility index (Phi) is 4.79. The molecule has 0 aliphatic rings. The minimum atomic E-state index is -0.195. The molecule has 88 valence electrons. The lowest BCUT2D eigenvalue weighted by Gasteiger charge is -2.15. The molecule has 0 radical (unpaired) electrons. The van der Waals surface area contributed by atoms with Crippen LogP contribution in [-0.2, 0) is 0 Å². The van der Waals surface area contributed by atoms with Crippen molar-refractivity contribution in [2.75, 3.05) is 12.3 Å². The highest BCUT2D eigenvalue weighted by Crippen LogP contribution is 2.07. The van der Waals surface area contributed by atoms with E-state index in [0.717, 1.165) is 12.8 Å². The summed E-state index contributed by atoms with van der Waals surface area (Å²) < 4.78 is 0. The van der Waals surface area contributed by atoms with E-state index in [1.165, 1.54) is 0 Å². The van der Waals surface area contributed by atoms with Crippen LogP contribution in [0.25, 0.3) is 0 Å². The molecule has 1 atom stereocenters. The topological polar surface area (TPSA) is 75.3 Å². The molecule has 16 heavy (non-hydrogen) atoms. The van der Waals surface area contributed by atoms with Crippen LogP contribution in [-0.4, -0.2) is 23.7 Å². The lowest BCUT2D eigenvalue weighted by molar-refractivity contribution is 0.0913. The Morgan fingerprint density at radius 1 is 1.56 bits per heavy atom. The van der Waals surface area contributed by atoms with Crippen LogP contribution < -0.4 is 11.1 Å². The SMILES string of the molecule is CCCC(CO)NC(=O)c1cccc(N)c1. The van der Waals surface area contributed by atoms with Gasteiger partial charge in [-0.1, -0.05) is 19.4 Å². The normalized spacial score (nSPS) is 12.1. The predicted octanol–water partition coefficient (Wildman–Crippen LogP) is 1.16.